The zero-order valence-electron chi connectivity index (χ0n) is 15.4. The van der Waals surface area contributed by atoms with Gasteiger partial charge in [-0.15, -0.1) is 24.8 Å². The number of ether oxygens (including phenoxy) is 1. The second-order valence-electron chi connectivity index (χ2n) is 6.31. The van der Waals surface area contributed by atoms with Crippen molar-refractivity contribution in [3.8, 4) is 5.75 Å². The van der Waals surface area contributed by atoms with E-state index in [0.29, 0.717) is 19.5 Å². The van der Waals surface area contributed by atoms with E-state index >= 15 is 0 Å². The second-order valence-corrected chi connectivity index (χ2v) is 6.31. The highest BCUT2D eigenvalue weighted by Gasteiger charge is 2.25. The van der Waals surface area contributed by atoms with E-state index < -0.39 is 6.04 Å². The van der Waals surface area contributed by atoms with Crippen LogP contribution >= 0.6 is 24.8 Å². The van der Waals surface area contributed by atoms with Crippen molar-refractivity contribution in [1.82, 2.24) is 4.90 Å². The minimum atomic E-state index is -0.481. The molecular weight excluding hydrogens is 385 g/mol. The number of methoxy groups -OCH3 is 1. The Hall–Kier alpha value is -1.95. The molecule has 2 N–H and O–H groups in total. The normalized spacial score (nSPS) is 14.6. The van der Waals surface area contributed by atoms with Gasteiger partial charge < -0.3 is 20.3 Å². The fourth-order valence-corrected chi connectivity index (χ4v) is 3.18. The lowest BCUT2D eigenvalue weighted by atomic mass is 10.1. The van der Waals surface area contributed by atoms with Gasteiger partial charge >= 0.3 is 0 Å². The van der Waals surface area contributed by atoms with Gasteiger partial charge in [0.1, 0.15) is 5.75 Å². The molecule has 1 saturated heterocycles. The molecule has 0 radical (unpaired) electrons. The molecule has 0 aromatic heterocycles. The molecule has 148 valence electrons. The number of nitrogens with two attached hydrogens (primary N) is 1. The van der Waals surface area contributed by atoms with Crippen LogP contribution in [-0.2, 0) is 11.2 Å². The molecule has 1 fully saturated rings. The molecule has 0 aliphatic carbocycles. The number of piperazine rings is 1. The summed E-state index contributed by atoms with van der Waals surface area (Å²) in [5.41, 5.74) is 8.36. The highest BCUT2D eigenvalue weighted by Crippen LogP contribution is 2.22. The maximum atomic E-state index is 12.6. The minimum absolute atomic E-state index is 0. The Morgan fingerprint density at radius 2 is 1.70 bits per heavy atom. The number of carbonyl (C=O) groups is 1. The molecule has 1 aliphatic rings. The molecule has 1 aliphatic heterocycles. The Labute approximate surface area is 173 Å². The summed E-state index contributed by atoms with van der Waals surface area (Å²) in [6, 6.07) is 17.5. The van der Waals surface area contributed by atoms with Crippen LogP contribution in [0, 0.1) is 0 Å². The van der Waals surface area contributed by atoms with Gasteiger partial charge in [0.25, 0.3) is 0 Å². The molecule has 1 heterocycles. The van der Waals surface area contributed by atoms with Crippen LogP contribution < -0.4 is 15.4 Å². The van der Waals surface area contributed by atoms with E-state index in [0.717, 1.165) is 30.1 Å². The van der Waals surface area contributed by atoms with Gasteiger partial charge in [-0.05, 0) is 24.1 Å². The Kier molecular flexibility index (Phi) is 9.43. The van der Waals surface area contributed by atoms with E-state index in [-0.39, 0.29) is 30.7 Å². The molecule has 5 nitrogen and oxygen atoms in total. The fourth-order valence-electron chi connectivity index (χ4n) is 3.18. The van der Waals surface area contributed by atoms with Crippen molar-refractivity contribution in [2.24, 2.45) is 5.73 Å². The molecule has 0 spiro atoms. The first-order chi connectivity index (χ1) is 12.2. The molecule has 0 saturated carbocycles. The summed E-state index contributed by atoms with van der Waals surface area (Å²) in [4.78, 5) is 16.8. The van der Waals surface area contributed by atoms with E-state index in [2.05, 4.69) is 11.0 Å². The summed E-state index contributed by atoms with van der Waals surface area (Å²) in [7, 11) is 1.67. The Morgan fingerprint density at radius 3 is 2.33 bits per heavy atom. The maximum absolute atomic E-state index is 12.6. The lowest BCUT2D eigenvalue weighted by Crippen LogP contribution is -2.53. The molecule has 27 heavy (non-hydrogen) atoms. The van der Waals surface area contributed by atoms with Crippen LogP contribution in [0.5, 0.6) is 5.75 Å². The van der Waals surface area contributed by atoms with Gasteiger partial charge in [0.05, 0.1) is 13.2 Å². The Balaban J connectivity index is 0.00000182. The largest absolute Gasteiger partial charge is 0.497 e. The van der Waals surface area contributed by atoms with Gasteiger partial charge in [0.15, 0.2) is 0 Å². The number of rotatable bonds is 5. The lowest BCUT2D eigenvalue weighted by Gasteiger charge is -2.37. The maximum Gasteiger partial charge on any atom is 0.239 e. The molecule has 3 rings (SSSR count). The summed E-state index contributed by atoms with van der Waals surface area (Å²) in [6.07, 6.45) is 0.579. The molecule has 2 aromatic carbocycles. The van der Waals surface area contributed by atoms with E-state index in [9.17, 15) is 4.79 Å². The van der Waals surface area contributed by atoms with Crippen LogP contribution in [0.15, 0.2) is 54.6 Å². The molecule has 1 atom stereocenters. The van der Waals surface area contributed by atoms with Gasteiger partial charge in [-0.1, -0.05) is 36.4 Å². The summed E-state index contributed by atoms with van der Waals surface area (Å²) in [5, 5.41) is 0. The first kappa shape index (κ1) is 23.1. The van der Waals surface area contributed by atoms with Crippen LogP contribution in [0.2, 0.25) is 0 Å². The number of anilines is 1. The number of carbonyl (C=O) groups excluding carboxylic acids is 1. The molecule has 2 aromatic rings. The van der Waals surface area contributed by atoms with Gasteiger partial charge in [-0.3, -0.25) is 4.79 Å². The first-order valence-corrected chi connectivity index (χ1v) is 8.64. The zero-order chi connectivity index (χ0) is 17.6. The van der Waals surface area contributed by atoms with Crippen molar-refractivity contribution in [3.05, 3.63) is 60.2 Å². The van der Waals surface area contributed by atoms with Crippen molar-refractivity contribution >= 4 is 36.4 Å². The highest BCUT2D eigenvalue weighted by atomic mass is 35.5. The summed E-state index contributed by atoms with van der Waals surface area (Å²) in [5.74, 6) is 0.884. The number of amides is 1. The molecule has 1 amide bonds. The third-order valence-electron chi connectivity index (χ3n) is 4.63. The Morgan fingerprint density at radius 1 is 1.04 bits per heavy atom. The van der Waals surface area contributed by atoms with Crippen molar-refractivity contribution in [3.63, 3.8) is 0 Å². The second kappa shape index (κ2) is 11.0. The summed E-state index contributed by atoms with van der Waals surface area (Å²) in [6.45, 7) is 2.99. The van der Waals surface area contributed by atoms with E-state index in [1.165, 1.54) is 0 Å². The van der Waals surface area contributed by atoms with E-state index in [1.54, 1.807) is 7.11 Å². The van der Waals surface area contributed by atoms with Crippen molar-refractivity contribution in [2.75, 3.05) is 38.2 Å². The number of benzene rings is 2. The van der Waals surface area contributed by atoms with Gasteiger partial charge in [-0.25, -0.2) is 0 Å². The molecular formula is C20H27Cl2N3O2. The van der Waals surface area contributed by atoms with Crippen molar-refractivity contribution < 1.29 is 9.53 Å². The summed E-state index contributed by atoms with van der Waals surface area (Å²) >= 11 is 0. The number of hydrogen-bond acceptors (Lipinski definition) is 4. The van der Waals surface area contributed by atoms with Crippen molar-refractivity contribution in [2.45, 2.75) is 12.5 Å². The molecule has 0 bridgehead atoms. The SMILES string of the molecule is COc1cccc(N2CCN(C(=O)[C@@H](N)Cc3ccccc3)CC2)c1.Cl.Cl. The van der Waals surface area contributed by atoms with E-state index in [1.807, 2.05) is 53.4 Å². The Bertz CT molecular complexity index is 707. The van der Waals surface area contributed by atoms with Crippen LogP contribution in [0.25, 0.3) is 0 Å². The van der Waals surface area contributed by atoms with Gasteiger partial charge in [0, 0.05) is 37.9 Å². The van der Waals surface area contributed by atoms with E-state index in [4.69, 9.17) is 10.5 Å². The van der Waals surface area contributed by atoms with Crippen LogP contribution in [0.3, 0.4) is 0 Å². The third-order valence-corrected chi connectivity index (χ3v) is 4.63. The number of halogens is 2. The summed E-state index contributed by atoms with van der Waals surface area (Å²) < 4.78 is 5.29. The van der Waals surface area contributed by atoms with Crippen LogP contribution in [0.4, 0.5) is 5.69 Å². The standard InChI is InChI=1S/C20H25N3O2.2ClH/c1-25-18-9-5-8-17(15-18)22-10-12-23(13-11-22)20(24)19(21)14-16-6-3-2-4-7-16;;/h2-9,15,19H,10-14,21H2,1H3;2*1H/t19-;;/m0../s1. The first-order valence-electron chi connectivity index (χ1n) is 8.64. The quantitative estimate of drug-likeness (QED) is 0.821. The monoisotopic (exact) mass is 411 g/mol. The average Bonchev–Trinajstić information content (AvgIpc) is 2.68. The topological polar surface area (TPSA) is 58.8 Å². The smallest absolute Gasteiger partial charge is 0.239 e. The number of hydrogen-bond donors (Lipinski definition) is 1. The van der Waals surface area contributed by atoms with Gasteiger partial charge in [-0.2, -0.15) is 0 Å². The predicted octanol–water partition coefficient (Wildman–Crippen LogP) is 2.76. The molecule has 7 heteroatoms. The van der Waals surface area contributed by atoms with Crippen molar-refractivity contribution in [1.29, 1.82) is 0 Å². The average molecular weight is 412 g/mol. The molecule has 0 unspecified atom stereocenters. The third kappa shape index (κ3) is 6.03. The lowest BCUT2D eigenvalue weighted by molar-refractivity contribution is -0.132. The predicted molar refractivity (Wildman–Crippen MR) is 114 cm³/mol. The minimum Gasteiger partial charge on any atom is -0.497 e. The van der Waals surface area contributed by atoms with Crippen LogP contribution in [-0.4, -0.2) is 50.1 Å². The fraction of sp³-hybridized carbons (Fsp3) is 0.350. The van der Waals surface area contributed by atoms with Crippen LogP contribution in [0.1, 0.15) is 5.56 Å². The zero-order valence-corrected chi connectivity index (χ0v) is 17.0. The highest BCUT2D eigenvalue weighted by molar-refractivity contribution is 5.85. The van der Waals surface area contributed by atoms with Gasteiger partial charge in [0.2, 0.25) is 5.91 Å². The number of nitrogens with zero attached hydrogens (tertiary/aromatic N) is 2.